The number of para-hydroxylation sites is 1. The first kappa shape index (κ1) is 15.4. The lowest BCUT2D eigenvalue weighted by Gasteiger charge is -2.30. The Labute approximate surface area is 143 Å². The normalized spacial score (nSPS) is 16.0. The number of aliphatic hydroxyl groups excluding tert-OH is 1. The van der Waals surface area contributed by atoms with Crippen LogP contribution in [0.3, 0.4) is 0 Å². The zero-order chi connectivity index (χ0) is 16.5. The monoisotopic (exact) mass is 342 g/mol. The van der Waals surface area contributed by atoms with Crippen LogP contribution in [0.5, 0.6) is 0 Å². The van der Waals surface area contributed by atoms with E-state index in [1.54, 1.807) is 22.3 Å². The van der Waals surface area contributed by atoms with Crippen LogP contribution in [0, 0.1) is 5.92 Å². The number of amides is 1. The van der Waals surface area contributed by atoms with Gasteiger partial charge in [-0.1, -0.05) is 12.1 Å². The van der Waals surface area contributed by atoms with Gasteiger partial charge in [0.25, 0.3) is 5.91 Å². The molecule has 0 saturated carbocycles. The average Bonchev–Trinajstić information content (AvgIpc) is 3.27. The maximum absolute atomic E-state index is 12.6. The van der Waals surface area contributed by atoms with Crippen LogP contribution < -0.4 is 0 Å². The topological polar surface area (TPSA) is 66.6 Å². The number of carbonyl (C=O) groups is 1. The quantitative estimate of drug-likeness (QED) is 0.792. The number of hydrogen-bond acceptors (Lipinski definition) is 5. The predicted molar refractivity (Wildman–Crippen MR) is 93.0 cm³/mol. The van der Waals surface area contributed by atoms with E-state index in [9.17, 15) is 9.90 Å². The van der Waals surface area contributed by atoms with Gasteiger partial charge in [-0.2, -0.15) is 0 Å². The van der Waals surface area contributed by atoms with E-state index in [-0.39, 0.29) is 12.5 Å². The minimum atomic E-state index is -0.0845. The van der Waals surface area contributed by atoms with Gasteiger partial charge in [0.15, 0.2) is 16.5 Å². The van der Waals surface area contributed by atoms with E-state index in [2.05, 4.69) is 4.98 Å². The Balaban J connectivity index is 1.53. The number of furan rings is 1. The van der Waals surface area contributed by atoms with Crippen molar-refractivity contribution in [1.29, 1.82) is 0 Å². The molecule has 1 aromatic carbocycles. The number of carbonyl (C=O) groups excluding carboxylic acids is 1. The summed E-state index contributed by atoms with van der Waals surface area (Å²) in [6.07, 6.45) is 1.68. The molecule has 24 heavy (non-hydrogen) atoms. The van der Waals surface area contributed by atoms with Crippen LogP contribution in [-0.4, -0.2) is 40.6 Å². The molecule has 0 radical (unpaired) electrons. The van der Waals surface area contributed by atoms with E-state index >= 15 is 0 Å². The largest absolute Gasteiger partial charge is 0.448 e. The summed E-state index contributed by atoms with van der Waals surface area (Å²) in [6.45, 7) is 1.53. The fourth-order valence-electron chi connectivity index (χ4n) is 3.02. The molecule has 2 aromatic heterocycles. The van der Waals surface area contributed by atoms with Crippen molar-refractivity contribution in [2.45, 2.75) is 12.8 Å². The van der Waals surface area contributed by atoms with Gasteiger partial charge >= 0.3 is 0 Å². The number of piperidine rings is 1. The molecule has 6 heteroatoms. The van der Waals surface area contributed by atoms with Crippen LogP contribution in [-0.2, 0) is 0 Å². The summed E-state index contributed by atoms with van der Waals surface area (Å²) >= 11 is 1.56. The summed E-state index contributed by atoms with van der Waals surface area (Å²) < 4.78 is 6.87. The Morgan fingerprint density at radius 2 is 2.04 bits per heavy atom. The maximum Gasteiger partial charge on any atom is 0.289 e. The van der Waals surface area contributed by atoms with Gasteiger partial charge in [0.1, 0.15) is 0 Å². The number of nitrogens with zero attached hydrogens (tertiary/aromatic N) is 2. The number of aliphatic hydroxyl groups is 1. The van der Waals surface area contributed by atoms with Crippen LogP contribution in [0.2, 0.25) is 0 Å². The van der Waals surface area contributed by atoms with Crippen molar-refractivity contribution in [3.63, 3.8) is 0 Å². The molecule has 0 unspecified atom stereocenters. The fraction of sp³-hybridized carbons (Fsp3) is 0.333. The summed E-state index contributed by atoms with van der Waals surface area (Å²) in [6, 6.07) is 11.5. The van der Waals surface area contributed by atoms with Crippen molar-refractivity contribution in [1.82, 2.24) is 9.88 Å². The summed E-state index contributed by atoms with van der Waals surface area (Å²) in [5.74, 6) is 1.21. The first-order valence-electron chi connectivity index (χ1n) is 8.10. The number of aromatic nitrogens is 1. The molecule has 1 aliphatic rings. The van der Waals surface area contributed by atoms with Crippen molar-refractivity contribution in [2.24, 2.45) is 5.92 Å². The number of thiazole rings is 1. The molecule has 124 valence electrons. The van der Waals surface area contributed by atoms with E-state index in [0.29, 0.717) is 30.5 Å². The first-order chi connectivity index (χ1) is 11.7. The lowest BCUT2D eigenvalue weighted by atomic mass is 9.98. The van der Waals surface area contributed by atoms with Gasteiger partial charge in [-0.05, 0) is 43.0 Å². The summed E-state index contributed by atoms with van der Waals surface area (Å²) in [5.41, 5.74) is 0.938. The van der Waals surface area contributed by atoms with Crippen molar-refractivity contribution >= 4 is 27.5 Å². The molecular formula is C18H18N2O3S. The van der Waals surface area contributed by atoms with Crippen molar-refractivity contribution in [3.05, 3.63) is 42.2 Å². The molecule has 0 bridgehead atoms. The van der Waals surface area contributed by atoms with E-state index in [1.165, 1.54) is 0 Å². The Bertz CT molecular complexity index is 829. The molecule has 3 aromatic rings. The maximum atomic E-state index is 12.6. The average molecular weight is 342 g/mol. The highest BCUT2D eigenvalue weighted by molar-refractivity contribution is 7.21. The molecule has 1 saturated heterocycles. The third-order valence-electron chi connectivity index (χ3n) is 4.48. The third kappa shape index (κ3) is 2.83. The Morgan fingerprint density at radius 1 is 1.25 bits per heavy atom. The van der Waals surface area contributed by atoms with E-state index < -0.39 is 0 Å². The lowest BCUT2D eigenvalue weighted by molar-refractivity contribution is 0.0621. The highest BCUT2D eigenvalue weighted by atomic mass is 32.1. The van der Waals surface area contributed by atoms with Crippen molar-refractivity contribution in [3.8, 4) is 10.8 Å². The summed E-state index contributed by atoms with van der Waals surface area (Å²) in [7, 11) is 0. The number of benzene rings is 1. The molecule has 1 fully saturated rings. The van der Waals surface area contributed by atoms with E-state index in [4.69, 9.17) is 4.42 Å². The number of rotatable bonds is 3. The number of likely N-dealkylation sites (tertiary alicyclic amines) is 1. The van der Waals surface area contributed by atoms with Crippen LogP contribution in [0.25, 0.3) is 21.0 Å². The molecule has 1 amide bonds. The van der Waals surface area contributed by atoms with Crippen LogP contribution in [0.4, 0.5) is 0 Å². The Kier molecular flexibility index (Phi) is 4.08. The molecule has 0 spiro atoms. The van der Waals surface area contributed by atoms with Gasteiger partial charge in [-0.15, -0.1) is 11.3 Å². The van der Waals surface area contributed by atoms with Gasteiger partial charge in [0.2, 0.25) is 0 Å². The fourth-order valence-corrected chi connectivity index (χ4v) is 3.95. The Hall–Kier alpha value is -2.18. The van der Waals surface area contributed by atoms with Gasteiger partial charge in [0, 0.05) is 19.7 Å². The molecule has 3 heterocycles. The summed E-state index contributed by atoms with van der Waals surface area (Å²) in [5, 5.41) is 9.98. The lowest BCUT2D eigenvalue weighted by Crippen LogP contribution is -2.39. The van der Waals surface area contributed by atoms with Gasteiger partial charge in [-0.25, -0.2) is 4.98 Å². The number of fused-ring (bicyclic) bond motifs is 1. The van der Waals surface area contributed by atoms with Crippen LogP contribution in [0.15, 0.2) is 40.8 Å². The second-order valence-corrected chi connectivity index (χ2v) is 7.10. The smallest absolute Gasteiger partial charge is 0.289 e. The molecule has 1 N–H and O–H groups in total. The SMILES string of the molecule is O=C(c1ccc(-c2nc3ccccc3s2)o1)N1CCC(CO)CC1. The molecular weight excluding hydrogens is 324 g/mol. The second kappa shape index (κ2) is 6.37. The van der Waals surface area contributed by atoms with Crippen LogP contribution >= 0.6 is 11.3 Å². The van der Waals surface area contributed by atoms with E-state index in [1.807, 2.05) is 30.3 Å². The molecule has 5 nitrogen and oxygen atoms in total. The first-order valence-corrected chi connectivity index (χ1v) is 8.92. The highest BCUT2D eigenvalue weighted by Crippen LogP contribution is 2.31. The zero-order valence-corrected chi connectivity index (χ0v) is 14.0. The Morgan fingerprint density at radius 3 is 2.79 bits per heavy atom. The molecule has 0 atom stereocenters. The van der Waals surface area contributed by atoms with Crippen molar-refractivity contribution in [2.75, 3.05) is 19.7 Å². The van der Waals surface area contributed by atoms with Crippen LogP contribution in [0.1, 0.15) is 23.4 Å². The van der Waals surface area contributed by atoms with Crippen molar-refractivity contribution < 1.29 is 14.3 Å². The number of hydrogen-bond donors (Lipinski definition) is 1. The third-order valence-corrected chi connectivity index (χ3v) is 5.53. The second-order valence-electron chi connectivity index (χ2n) is 6.07. The molecule has 4 rings (SSSR count). The standard InChI is InChI=1S/C18H18N2O3S/c21-11-12-7-9-20(10-8-12)18(22)15-6-5-14(23-15)17-19-13-3-1-2-4-16(13)24-17/h1-6,12,21H,7-11H2. The minimum Gasteiger partial charge on any atom is -0.448 e. The predicted octanol–water partition coefficient (Wildman–Crippen LogP) is 3.40. The van der Waals surface area contributed by atoms with Gasteiger partial charge < -0.3 is 14.4 Å². The zero-order valence-electron chi connectivity index (χ0n) is 13.1. The van der Waals surface area contributed by atoms with Gasteiger partial charge in [-0.3, -0.25) is 4.79 Å². The summed E-state index contributed by atoms with van der Waals surface area (Å²) in [4.78, 5) is 18.9. The molecule has 1 aliphatic heterocycles. The van der Waals surface area contributed by atoms with E-state index in [0.717, 1.165) is 28.1 Å². The minimum absolute atomic E-state index is 0.0845. The van der Waals surface area contributed by atoms with Gasteiger partial charge in [0.05, 0.1) is 10.2 Å². The molecule has 0 aliphatic carbocycles. The highest BCUT2D eigenvalue weighted by Gasteiger charge is 2.25.